The molecule has 136 valence electrons. The van der Waals surface area contributed by atoms with Gasteiger partial charge in [0.05, 0.1) is 11.1 Å². The third kappa shape index (κ3) is 2.62. The van der Waals surface area contributed by atoms with Gasteiger partial charge in [0.2, 0.25) is 0 Å². The Kier molecular flexibility index (Phi) is 3.96. The zero-order valence-electron chi connectivity index (χ0n) is 15.2. The number of fused-ring (bicyclic) bond motifs is 4. The molecule has 3 aliphatic carbocycles. The number of carbonyl (C=O) groups is 1. The molecule has 2 aromatic rings. The number of nitrogens with two attached hydrogens (primary N) is 1. The van der Waals surface area contributed by atoms with Crippen molar-refractivity contribution in [3.05, 3.63) is 41.1 Å². The van der Waals surface area contributed by atoms with Crippen LogP contribution in [-0.2, 0) is 12.8 Å². The normalized spacial score (nSPS) is 30.2. The number of hydrogen-bond acceptors (Lipinski definition) is 3. The van der Waals surface area contributed by atoms with E-state index in [4.69, 9.17) is 10.7 Å². The lowest BCUT2D eigenvalue weighted by Gasteiger charge is -2.45. The monoisotopic (exact) mass is 349 g/mol. The molecule has 3 N–H and O–H groups in total. The summed E-state index contributed by atoms with van der Waals surface area (Å²) >= 11 is 0. The molecule has 1 amide bonds. The number of amides is 1. The summed E-state index contributed by atoms with van der Waals surface area (Å²) in [5.41, 5.74) is 10.4. The van der Waals surface area contributed by atoms with Gasteiger partial charge >= 0.3 is 0 Å². The lowest BCUT2D eigenvalue weighted by Crippen LogP contribution is -2.53. The fraction of sp³-hybridized carbons (Fsp3) is 0.545. The van der Waals surface area contributed by atoms with Crippen molar-refractivity contribution in [3.8, 4) is 0 Å². The largest absolute Gasteiger partial charge is 0.349 e. The molecule has 0 aliphatic heterocycles. The molecule has 1 heterocycles. The molecule has 26 heavy (non-hydrogen) atoms. The molecule has 5 rings (SSSR count). The number of nitrogens with zero attached hydrogens (tertiary/aromatic N) is 1. The van der Waals surface area contributed by atoms with Gasteiger partial charge in [-0.3, -0.25) is 9.78 Å². The maximum Gasteiger partial charge on any atom is 0.252 e. The van der Waals surface area contributed by atoms with Crippen molar-refractivity contribution < 1.29 is 4.79 Å². The Morgan fingerprint density at radius 2 is 1.85 bits per heavy atom. The second-order valence-electron chi connectivity index (χ2n) is 8.46. The van der Waals surface area contributed by atoms with Crippen molar-refractivity contribution in [2.45, 2.75) is 63.5 Å². The highest BCUT2D eigenvalue weighted by Crippen LogP contribution is 2.40. The maximum atomic E-state index is 13.4. The number of aryl methyl sites for hydroxylation is 1. The zero-order chi connectivity index (χ0) is 17.7. The average Bonchev–Trinajstić information content (AvgIpc) is 3.08. The molecule has 2 fully saturated rings. The number of para-hydroxylation sites is 1. The molecule has 2 unspecified atom stereocenters. The van der Waals surface area contributed by atoms with Crippen LogP contribution in [-0.4, -0.2) is 23.0 Å². The van der Waals surface area contributed by atoms with Crippen LogP contribution in [0.2, 0.25) is 0 Å². The van der Waals surface area contributed by atoms with Crippen LogP contribution in [0.25, 0.3) is 10.9 Å². The van der Waals surface area contributed by atoms with Gasteiger partial charge in [0.1, 0.15) is 0 Å². The summed E-state index contributed by atoms with van der Waals surface area (Å²) in [6, 6.07) is 8.69. The van der Waals surface area contributed by atoms with Gasteiger partial charge in [-0.15, -0.1) is 0 Å². The van der Waals surface area contributed by atoms with E-state index in [9.17, 15) is 4.79 Å². The van der Waals surface area contributed by atoms with Crippen LogP contribution in [0.1, 0.15) is 60.1 Å². The number of hydrogen-bond donors (Lipinski definition) is 2. The van der Waals surface area contributed by atoms with E-state index >= 15 is 0 Å². The van der Waals surface area contributed by atoms with E-state index < -0.39 is 0 Å². The van der Waals surface area contributed by atoms with E-state index in [2.05, 4.69) is 5.32 Å². The number of nitrogens with one attached hydrogen (secondary N) is 1. The highest BCUT2D eigenvalue weighted by molar-refractivity contribution is 6.08. The molecule has 4 nitrogen and oxygen atoms in total. The minimum Gasteiger partial charge on any atom is -0.349 e. The molecule has 1 aromatic carbocycles. The summed E-state index contributed by atoms with van der Waals surface area (Å²) in [5, 5.41) is 4.46. The van der Waals surface area contributed by atoms with Crippen molar-refractivity contribution in [1.82, 2.24) is 10.3 Å². The van der Waals surface area contributed by atoms with E-state index in [0.29, 0.717) is 23.9 Å². The summed E-state index contributed by atoms with van der Waals surface area (Å²) in [6.45, 7) is 0. The Morgan fingerprint density at radius 1 is 1.08 bits per heavy atom. The van der Waals surface area contributed by atoms with Gasteiger partial charge in [0.25, 0.3) is 5.91 Å². The summed E-state index contributed by atoms with van der Waals surface area (Å²) in [7, 11) is 0. The van der Waals surface area contributed by atoms with Gasteiger partial charge in [-0.1, -0.05) is 24.6 Å². The predicted octanol–water partition coefficient (Wildman–Crippen LogP) is 3.36. The third-order valence-corrected chi connectivity index (χ3v) is 6.82. The fourth-order valence-corrected chi connectivity index (χ4v) is 5.72. The van der Waals surface area contributed by atoms with E-state index in [0.717, 1.165) is 54.3 Å². The van der Waals surface area contributed by atoms with E-state index in [1.807, 2.05) is 24.3 Å². The van der Waals surface area contributed by atoms with Crippen molar-refractivity contribution >= 4 is 16.8 Å². The van der Waals surface area contributed by atoms with Crippen molar-refractivity contribution in [1.29, 1.82) is 0 Å². The van der Waals surface area contributed by atoms with Gasteiger partial charge in [-0.05, 0) is 68.4 Å². The minimum atomic E-state index is 0.110. The van der Waals surface area contributed by atoms with Gasteiger partial charge in [0.15, 0.2) is 0 Å². The van der Waals surface area contributed by atoms with Crippen LogP contribution < -0.4 is 11.1 Å². The first-order chi connectivity index (χ1) is 12.7. The highest BCUT2D eigenvalue weighted by Gasteiger charge is 2.40. The summed E-state index contributed by atoms with van der Waals surface area (Å²) in [4.78, 5) is 18.2. The van der Waals surface area contributed by atoms with E-state index in [1.165, 1.54) is 24.8 Å². The first kappa shape index (κ1) is 16.2. The maximum absolute atomic E-state index is 13.4. The number of aromatic nitrogens is 1. The first-order valence-electron chi connectivity index (χ1n) is 10.2. The highest BCUT2D eigenvalue weighted by atomic mass is 16.1. The topological polar surface area (TPSA) is 68.0 Å². The second kappa shape index (κ2) is 6.34. The lowest BCUT2D eigenvalue weighted by atomic mass is 9.67. The molecule has 0 saturated heterocycles. The van der Waals surface area contributed by atoms with Crippen LogP contribution in [0.5, 0.6) is 0 Å². The standard InChI is InChI=1S/C22H27N3O/c23-15-11-13-5-3-6-14(12-15)21(13)25-22(26)20-16-7-1-2-9-18(16)24-19-10-4-8-17(19)20/h1-2,7,9,13-15,21H,3-6,8,10-12,23H2,(H,25,26). The van der Waals surface area contributed by atoms with Gasteiger partial charge in [-0.2, -0.15) is 0 Å². The second-order valence-corrected chi connectivity index (χ2v) is 8.46. The third-order valence-electron chi connectivity index (χ3n) is 6.82. The van der Waals surface area contributed by atoms with Crippen molar-refractivity contribution in [2.75, 3.05) is 0 Å². The molecule has 4 heteroatoms. The molecule has 2 saturated carbocycles. The molecule has 1 aromatic heterocycles. The minimum absolute atomic E-state index is 0.110. The lowest BCUT2D eigenvalue weighted by molar-refractivity contribution is 0.0756. The van der Waals surface area contributed by atoms with E-state index in [-0.39, 0.29) is 5.91 Å². The summed E-state index contributed by atoms with van der Waals surface area (Å²) in [6.07, 6.45) is 8.84. The van der Waals surface area contributed by atoms with Crippen LogP contribution in [0, 0.1) is 11.8 Å². The number of pyridine rings is 1. The Bertz CT molecular complexity index is 848. The van der Waals surface area contributed by atoms with Crippen LogP contribution in [0.4, 0.5) is 0 Å². The summed E-state index contributed by atoms with van der Waals surface area (Å²) < 4.78 is 0. The van der Waals surface area contributed by atoms with Crippen LogP contribution >= 0.6 is 0 Å². The number of rotatable bonds is 2. The van der Waals surface area contributed by atoms with Gasteiger partial charge in [0, 0.05) is 23.2 Å². The number of benzene rings is 1. The molecule has 2 atom stereocenters. The number of carbonyl (C=O) groups excluding carboxylic acids is 1. The molecule has 2 bridgehead atoms. The summed E-state index contributed by atoms with van der Waals surface area (Å²) in [5.74, 6) is 1.20. The van der Waals surface area contributed by atoms with Gasteiger partial charge < -0.3 is 11.1 Å². The zero-order valence-corrected chi connectivity index (χ0v) is 15.2. The van der Waals surface area contributed by atoms with Gasteiger partial charge in [-0.25, -0.2) is 0 Å². The Labute approximate surface area is 154 Å². The molecule has 0 spiro atoms. The van der Waals surface area contributed by atoms with Crippen LogP contribution in [0.15, 0.2) is 24.3 Å². The predicted molar refractivity (Wildman–Crippen MR) is 103 cm³/mol. The Balaban J connectivity index is 1.51. The SMILES string of the molecule is NC1CC2CCCC(C1)C2NC(=O)c1c2c(nc3ccccc13)CCC2. The van der Waals surface area contributed by atoms with Crippen LogP contribution in [0.3, 0.4) is 0 Å². The quantitative estimate of drug-likeness (QED) is 0.873. The molecule has 0 radical (unpaired) electrons. The fourth-order valence-electron chi connectivity index (χ4n) is 5.72. The van der Waals surface area contributed by atoms with Crippen molar-refractivity contribution in [3.63, 3.8) is 0 Å². The molecular formula is C22H27N3O. The first-order valence-corrected chi connectivity index (χ1v) is 10.2. The smallest absolute Gasteiger partial charge is 0.252 e. The molecule has 3 aliphatic rings. The van der Waals surface area contributed by atoms with Crippen molar-refractivity contribution in [2.24, 2.45) is 17.6 Å². The Hall–Kier alpha value is -1.94. The van der Waals surface area contributed by atoms with E-state index in [1.54, 1.807) is 0 Å². The average molecular weight is 349 g/mol. The Morgan fingerprint density at radius 3 is 2.65 bits per heavy atom. The molecular weight excluding hydrogens is 322 g/mol.